The summed E-state index contributed by atoms with van der Waals surface area (Å²) in [6.45, 7) is 1.84. The first-order chi connectivity index (χ1) is 6.11. The van der Waals surface area contributed by atoms with Crippen LogP contribution in [0.25, 0.3) is 0 Å². The summed E-state index contributed by atoms with van der Waals surface area (Å²) in [5.74, 6) is 1.20. The second-order valence-corrected chi connectivity index (χ2v) is 3.35. The van der Waals surface area contributed by atoms with E-state index in [2.05, 4.69) is 0 Å². The third-order valence-electron chi connectivity index (χ3n) is 1.78. The van der Waals surface area contributed by atoms with Crippen molar-refractivity contribution in [2.75, 3.05) is 14.2 Å². The van der Waals surface area contributed by atoms with Crippen LogP contribution in [0.3, 0.4) is 0 Å². The van der Waals surface area contributed by atoms with Crippen LogP contribution in [-0.4, -0.2) is 14.2 Å². The normalized spacial score (nSPS) is 9.92. The van der Waals surface area contributed by atoms with Crippen molar-refractivity contribution >= 4 is 23.2 Å². The van der Waals surface area contributed by atoms with E-state index in [1.165, 1.54) is 0 Å². The highest BCUT2D eigenvalue weighted by Crippen LogP contribution is 2.39. The fourth-order valence-corrected chi connectivity index (χ4v) is 1.92. The molecule has 0 atom stereocenters. The molecule has 13 heavy (non-hydrogen) atoms. The molecule has 0 spiro atoms. The molecule has 0 radical (unpaired) electrons. The van der Waals surface area contributed by atoms with E-state index in [9.17, 15) is 0 Å². The second-order valence-electron chi connectivity index (χ2n) is 2.53. The summed E-state index contributed by atoms with van der Waals surface area (Å²) >= 11 is 11.8. The Hall–Kier alpha value is -0.600. The van der Waals surface area contributed by atoms with Crippen LogP contribution in [0.5, 0.6) is 11.5 Å². The van der Waals surface area contributed by atoms with Crippen molar-refractivity contribution < 1.29 is 9.47 Å². The first-order valence-electron chi connectivity index (χ1n) is 3.68. The minimum Gasteiger partial charge on any atom is -0.495 e. The number of benzene rings is 1. The van der Waals surface area contributed by atoms with E-state index in [4.69, 9.17) is 32.7 Å². The Morgan fingerprint density at radius 3 is 1.69 bits per heavy atom. The summed E-state index contributed by atoms with van der Waals surface area (Å²) in [7, 11) is 3.11. The molecule has 0 N–H and O–H groups in total. The Morgan fingerprint density at radius 1 is 1.00 bits per heavy atom. The molecule has 0 saturated carbocycles. The Morgan fingerprint density at radius 2 is 1.38 bits per heavy atom. The maximum atomic E-state index is 5.90. The first-order valence-corrected chi connectivity index (χ1v) is 4.44. The van der Waals surface area contributed by atoms with Gasteiger partial charge in [0.1, 0.15) is 11.5 Å². The number of ether oxygens (including phenoxy) is 2. The molecule has 1 aromatic rings. The minimum absolute atomic E-state index is 0.491. The van der Waals surface area contributed by atoms with E-state index in [0.29, 0.717) is 21.5 Å². The molecule has 0 aliphatic heterocycles. The van der Waals surface area contributed by atoms with Gasteiger partial charge in [0.15, 0.2) is 0 Å². The van der Waals surface area contributed by atoms with Crippen molar-refractivity contribution in [3.05, 3.63) is 21.7 Å². The Labute approximate surface area is 87.4 Å². The summed E-state index contributed by atoms with van der Waals surface area (Å²) in [5, 5.41) is 0.983. The molecule has 72 valence electrons. The highest BCUT2D eigenvalue weighted by molar-refractivity contribution is 6.36. The van der Waals surface area contributed by atoms with Gasteiger partial charge in [-0.25, -0.2) is 0 Å². The average molecular weight is 221 g/mol. The highest BCUT2D eigenvalue weighted by Gasteiger charge is 2.13. The molecule has 0 aliphatic carbocycles. The molecule has 4 heteroatoms. The lowest BCUT2D eigenvalue weighted by Crippen LogP contribution is -1.94. The zero-order valence-electron chi connectivity index (χ0n) is 7.65. The van der Waals surface area contributed by atoms with Gasteiger partial charge in [-0.1, -0.05) is 23.2 Å². The van der Waals surface area contributed by atoms with E-state index in [-0.39, 0.29) is 0 Å². The van der Waals surface area contributed by atoms with Crippen LogP contribution >= 0.6 is 23.2 Å². The number of hydrogen-bond donors (Lipinski definition) is 0. The fourth-order valence-electron chi connectivity index (χ4n) is 1.20. The molecular formula is C9H10Cl2O2. The predicted molar refractivity (Wildman–Crippen MR) is 54.3 cm³/mol. The third kappa shape index (κ3) is 1.84. The molecule has 0 fully saturated rings. The molecule has 0 aromatic heterocycles. The monoisotopic (exact) mass is 220 g/mol. The van der Waals surface area contributed by atoms with Crippen LogP contribution in [0.15, 0.2) is 6.07 Å². The standard InChI is InChI=1S/C9H10Cl2O2/c1-5-8(12-2)6(10)4-7(11)9(5)13-3/h4H,1-3H3. The van der Waals surface area contributed by atoms with Gasteiger partial charge in [0.05, 0.1) is 24.3 Å². The summed E-state index contributed by atoms with van der Waals surface area (Å²) in [5.41, 5.74) is 0.808. The van der Waals surface area contributed by atoms with Crippen LogP contribution in [-0.2, 0) is 0 Å². The predicted octanol–water partition coefficient (Wildman–Crippen LogP) is 3.32. The van der Waals surface area contributed by atoms with E-state index >= 15 is 0 Å². The van der Waals surface area contributed by atoms with Gasteiger partial charge in [-0.2, -0.15) is 0 Å². The van der Waals surface area contributed by atoms with Gasteiger partial charge >= 0.3 is 0 Å². The molecule has 2 nitrogen and oxygen atoms in total. The molecule has 1 rings (SSSR count). The number of methoxy groups -OCH3 is 2. The third-order valence-corrected chi connectivity index (χ3v) is 2.34. The molecule has 0 bridgehead atoms. The van der Waals surface area contributed by atoms with Gasteiger partial charge in [-0.15, -0.1) is 0 Å². The molecule has 0 heterocycles. The lowest BCUT2D eigenvalue weighted by molar-refractivity contribution is 0.389. The fraction of sp³-hybridized carbons (Fsp3) is 0.333. The van der Waals surface area contributed by atoms with Crippen molar-refractivity contribution in [3.8, 4) is 11.5 Å². The van der Waals surface area contributed by atoms with Crippen LogP contribution in [0, 0.1) is 6.92 Å². The SMILES string of the molecule is COc1c(Cl)cc(Cl)c(OC)c1C. The molecule has 0 saturated heterocycles. The zero-order chi connectivity index (χ0) is 10.0. The van der Waals surface area contributed by atoms with Crippen molar-refractivity contribution in [1.29, 1.82) is 0 Å². The van der Waals surface area contributed by atoms with Gasteiger partial charge in [0.2, 0.25) is 0 Å². The van der Waals surface area contributed by atoms with Crippen LogP contribution in [0.2, 0.25) is 10.0 Å². The van der Waals surface area contributed by atoms with Gasteiger partial charge in [-0.3, -0.25) is 0 Å². The van der Waals surface area contributed by atoms with E-state index in [1.54, 1.807) is 20.3 Å². The quantitative estimate of drug-likeness (QED) is 0.762. The lowest BCUT2D eigenvalue weighted by Gasteiger charge is -2.12. The van der Waals surface area contributed by atoms with Crippen molar-refractivity contribution in [2.24, 2.45) is 0 Å². The van der Waals surface area contributed by atoms with Gasteiger partial charge in [0.25, 0.3) is 0 Å². The molecule has 1 aromatic carbocycles. The van der Waals surface area contributed by atoms with Gasteiger partial charge < -0.3 is 9.47 Å². The Kier molecular flexibility index (Phi) is 3.28. The van der Waals surface area contributed by atoms with Crippen molar-refractivity contribution in [3.63, 3.8) is 0 Å². The highest BCUT2D eigenvalue weighted by atomic mass is 35.5. The lowest BCUT2D eigenvalue weighted by atomic mass is 10.2. The second kappa shape index (κ2) is 4.07. The largest absolute Gasteiger partial charge is 0.495 e. The van der Waals surface area contributed by atoms with Gasteiger partial charge in [-0.05, 0) is 13.0 Å². The van der Waals surface area contributed by atoms with Crippen molar-refractivity contribution in [1.82, 2.24) is 0 Å². The van der Waals surface area contributed by atoms with E-state index in [0.717, 1.165) is 5.56 Å². The zero-order valence-corrected chi connectivity index (χ0v) is 9.16. The maximum absolute atomic E-state index is 5.90. The Bertz CT molecular complexity index is 296. The molecule has 0 amide bonds. The summed E-state index contributed by atoms with van der Waals surface area (Å²) in [4.78, 5) is 0. The summed E-state index contributed by atoms with van der Waals surface area (Å²) < 4.78 is 10.2. The smallest absolute Gasteiger partial charge is 0.144 e. The first kappa shape index (κ1) is 10.5. The molecule has 0 unspecified atom stereocenters. The summed E-state index contributed by atoms with van der Waals surface area (Å²) in [6.07, 6.45) is 0. The van der Waals surface area contributed by atoms with Crippen molar-refractivity contribution in [2.45, 2.75) is 6.92 Å². The molecular weight excluding hydrogens is 211 g/mol. The van der Waals surface area contributed by atoms with Gasteiger partial charge in [0, 0.05) is 5.56 Å². The topological polar surface area (TPSA) is 18.5 Å². The number of hydrogen-bond acceptors (Lipinski definition) is 2. The Balaban J connectivity index is 3.39. The van der Waals surface area contributed by atoms with Crippen LogP contribution in [0.1, 0.15) is 5.56 Å². The van der Waals surface area contributed by atoms with E-state index in [1.807, 2.05) is 6.92 Å². The minimum atomic E-state index is 0.491. The number of halogens is 2. The maximum Gasteiger partial charge on any atom is 0.144 e. The van der Waals surface area contributed by atoms with Crippen LogP contribution in [0.4, 0.5) is 0 Å². The van der Waals surface area contributed by atoms with Crippen LogP contribution < -0.4 is 9.47 Å². The number of rotatable bonds is 2. The molecule has 0 aliphatic rings. The summed E-state index contributed by atoms with van der Waals surface area (Å²) in [6, 6.07) is 1.60. The van der Waals surface area contributed by atoms with E-state index < -0.39 is 0 Å². The average Bonchev–Trinajstić information content (AvgIpc) is 2.04.